The van der Waals surface area contributed by atoms with E-state index in [4.69, 9.17) is 4.74 Å². The van der Waals surface area contributed by atoms with Crippen LogP contribution in [0.5, 0.6) is 0 Å². The molecule has 1 aromatic rings. The zero-order valence-corrected chi connectivity index (χ0v) is 14.1. The van der Waals surface area contributed by atoms with E-state index in [9.17, 15) is 4.79 Å². The van der Waals surface area contributed by atoms with Crippen molar-refractivity contribution in [2.75, 3.05) is 32.8 Å². The Kier molecular flexibility index (Phi) is 5.34. The molecular formula is C19H28N2O2. The van der Waals surface area contributed by atoms with Gasteiger partial charge in [-0.05, 0) is 30.4 Å². The highest BCUT2D eigenvalue weighted by atomic mass is 16.5. The number of morpholine rings is 1. The van der Waals surface area contributed by atoms with Gasteiger partial charge < -0.3 is 15.0 Å². The van der Waals surface area contributed by atoms with Gasteiger partial charge in [0.25, 0.3) is 0 Å². The van der Waals surface area contributed by atoms with Crippen LogP contribution in [0.3, 0.4) is 0 Å². The summed E-state index contributed by atoms with van der Waals surface area (Å²) < 4.78 is 5.95. The van der Waals surface area contributed by atoms with Crippen LogP contribution in [0.1, 0.15) is 37.3 Å². The number of ether oxygens (including phenoxy) is 1. The number of hydrogen-bond acceptors (Lipinski definition) is 3. The molecule has 3 rings (SSSR count). The van der Waals surface area contributed by atoms with Gasteiger partial charge in [-0.2, -0.15) is 0 Å². The maximum atomic E-state index is 12.5. The number of carbonyl (C=O) groups is 1. The minimum absolute atomic E-state index is 0.141. The van der Waals surface area contributed by atoms with Gasteiger partial charge in [0.15, 0.2) is 0 Å². The molecule has 1 atom stereocenters. The Morgan fingerprint density at radius 1 is 1.30 bits per heavy atom. The van der Waals surface area contributed by atoms with Crippen molar-refractivity contribution in [1.29, 1.82) is 0 Å². The van der Waals surface area contributed by atoms with Crippen LogP contribution in [0.25, 0.3) is 0 Å². The topological polar surface area (TPSA) is 41.6 Å². The van der Waals surface area contributed by atoms with Crippen LogP contribution in [0.2, 0.25) is 0 Å². The molecule has 1 unspecified atom stereocenters. The average molecular weight is 316 g/mol. The second-order valence-corrected chi connectivity index (χ2v) is 6.87. The maximum Gasteiger partial charge on any atom is 0.227 e. The summed E-state index contributed by atoms with van der Waals surface area (Å²) in [4.78, 5) is 14.5. The Labute approximate surface area is 139 Å². The van der Waals surface area contributed by atoms with Gasteiger partial charge in [-0.25, -0.2) is 0 Å². The Morgan fingerprint density at radius 2 is 2.09 bits per heavy atom. The van der Waals surface area contributed by atoms with Gasteiger partial charge in [0.1, 0.15) is 0 Å². The largest absolute Gasteiger partial charge is 0.370 e. The van der Waals surface area contributed by atoms with Gasteiger partial charge in [0.05, 0.1) is 25.2 Å². The van der Waals surface area contributed by atoms with Crippen LogP contribution in [-0.2, 0) is 22.4 Å². The number of unbranched alkanes of at least 4 members (excludes halogenated alkanes) is 1. The zero-order valence-electron chi connectivity index (χ0n) is 14.1. The van der Waals surface area contributed by atoms with Crippen molar-refractivity contribution in [1.82, 2.24) is 10.2 Å². The van der Waals surface area contributed by atoms with Crippen LogP contribution in [0, 0.1) is 0 Å². The van der Waals surface area contributed by atoms with Crippen LogP contribution >= 0.6 is 0 Å². The lowest BCUT2D eigenvalue weighted by atomic mass is 10.0. The van der Waals surface area contributed by atoms with E-state index < -0.39 is 0 Å². The third-order valence-corrected chi connectivity index (χ3v) is 5.00. The van der Waals surface area contributed by atoms with Crippen LogP contribution < -0.4 is 5.32 Å². The minimum Gasteiger partial charge on any atom is -0.370 e. The van der Waals surface area contributed by atoms with E-state index in [-0.39, 0.29) is 11.5 Å². The fraction of sp³-hybridized carbons (Fsp3) is 0.632. The lowest BCUT2D eigenvalue weighted by molar-refractivity contribution is -0.131. The maximum absolute atomic E-state index is 12.5. The molecule has 0 aromatic heterocycles. The van der Waals surface area contributed by atoms with Crippen molar-refractivity contribution < 1.29 is 9.53 Å². The SMILES string of the molecule is CCCCc1ccc(CC(=O)N2CCC3(CNCCO3)C2)cc1. The molecule has 4 nitrogen and oxygen atoms in total. The highest BCUT2D eigenvalue weighted by molar-refractivity contribution is 5.79. The van der Waals surface area contributed by atoms with Crippen LogP contribution in [0.4, 0.5) is 0 Å². The first-order valence-electron chi connectivity index (χ1n) is 8.91. The predicted octanol–water partition coefficient (Wildman–Crippen LogP) is 2.16. The van der Waals surface area contributed by atoms with Crippen molar-refractivity contribution >= 4 is 5.91 Å². The van der Waals surface area contributed by atoms with Gasteiger partial charge >= 0.3 is 0 Å². The number of nitrogens with one attached hydrogen (secondary N) is 1. The Morgan fingerprint density at radius 3 is 2.78 bits per heavy atom. The van der Waals surface area contributed by atoms with E-state index >= 15 is 0 Å². The second-order valence-electron chi connectivity index (χ2n) is 6.87. The molecule has 2 heterocycles. The summed E-state index contributed by atoms with van der Waals surface area (Å²) in [6, 6.07) is 8.54. The molecule has 2 aliphatic heterocycles. The van der Waals surface area contributed by atoms with Crippen molar-refractivity contribution in [2.24, 2.45) is 0 Å². The summed E-state index contributed by atoms with van der Waals surface area (Å²) in [5, 5.41) is 3.39. The number of likely N-dealkylation sites (tertiary alicyclic amines) is 1. The molecule has 126 valence electrons. The molecule has 23 heavy (non-hydrogen) atoms. The van der Waals surface area contributed by atoms with E-state index in [1.165, 1.54) is 18.4 Å². The average Bonchev–Trinajstić information content (AvgIpc) is 2.98. The second kappa shape index (κ2) is 7.45. The molecule has 1 N–H and O–H groups in total. The fourth-order valence-electron chi connectivity index (χ4n) is 3.52. The van der Waals surface area contributed by atoms with Gasteiger partial charge in [0.2, 0.25) is 5.91 Å². The summed E-state index contributed by atoms with van der Waals surface area (Å²) in [5.74, 6) is 0.220. The van der Waals surface area contributed by atoms with Gasteiger partial charge in [-0.1, -0.05) is 37.6 Å². The molecule has 0 radical (unpaired) electrons. The molecule has 1 spiro atoms. The summed E-state index contributed by atoms with van der Waals surface area (Å²) >= 11 is 0. The smallest absolute Gasteiger partial charge is 0.227 e. The van der Waals surface area contributed by atoms with Crippen molar-refractivity contribution in [3.63, 3.8) is 0 Å². The monoisotopic (exact) mass is 316 g/mol. The molecular weight excluding hydrogens is 288 g/mol. The highest BCUT2D eigenvalue weighted by Crippen LogP contribution is 2.27. The molecule has 2 aliphatic rings. The van der Waals surface area contributed by atoms with Crippen molar-refractivity contribution in [3.05, 3.63) is 35.4 Å². The first-order valence-corrected chi connectivity index (χ1v) is 8.91. The lowest BCUT2D eigenvalue weighted by Gasteiger charge is -2.34. The Balaban J connectivity index is 1.53. The van der Waals surface area contributed by atoms with Crippen LogP contribution in [0.15, 0.2) is 24.3 Å². The molecule has 2 fully saturated rings. The van der Waals surface area contributed by atoms with E-state index in [1.54, 1.807) is 0 Å². The summed E-state index contributed by atoms with van der Waals surface area (Å²) in [6.07, 6.45) is 5.01. The minimum atomic E-state index is -0.141. The molecule has 4 heteroatoms. The predicted molar refractivity (Wildman–Crippen MR) is 91.5 cm³/mol. The number of benzene rings is 1. The number of aryl methyl sites for hydroxylation is 1. The highest BCUT2D eigenvalue weighted by Gasteiger charge is 2.41. The molecule has 1 aromatic carbocycles. The van der Waals surface area contributed by atoms with Crippen molar-refractivity contribution in [2.45, 2.75) is 44.6 Å². The lowest BCUT2D eigenvalue weighted by Crippen LogP contribution is -2.51. The third-order valence-electron chi connectivity index (χ3n) is 5.00. The molecule has 0 bridgehead atoms. The first kappa shape index (κ1) is 16.5. The van der Waals surface area contributed by atoms with E-state index in [0.717, 1.165) is 51.2 Å². The number of hydrogen-bond donors (Lipinski definition) is 1. The molecule has 0 saturated carbocycles. The van der Waals surface area contributed by atoms with E-state index in [2.05, 4.69) is 36.5 Å². The zero-order chi connectivity index (χ0) is 16.1. The van der Waals surface area contributed by atoms with Gasteiger partial charge in [-0.15, -0.1) is 0 Å². The number of rotatable bonds is 5. The normalized spacial score (nSPS) is 24.3. The van der Waals surface area contributed by atoms with Gasteiger partial charge in [0, 0.05) is 19.6 Å². The molecule has 1 amide bonds. The third kappa shape index (κ3) is 4.12. The number of amides is 1. The van der Waals surface area contributed by atoms with Crippen LogP contribution in [-0.4, -0.2) is 49.2 Å². The van der Waals surface area contributed by atoms with Crippen molar-refractivity contribution in [3.8, 4) is 0 Å². The Hall–Kier alpha value is -1.39. The summed E-state index contributed by atoms with van der Waals surface area (Å²) in [6.45, 7) is 6.29. The Bertz CT molecular complexity index is 521. The van der Waals surface area contributed by atoms with E-state index in [1.807, 2.05) is 4.90 Å². The fourth-order valence-corrected chi connectivity index (χ4v) is 3.52. The van der Waals surface area contributed by atoms with E-state index in [0.29, 0.717) is 6.42 Å². The quantitative estimate of drug-likeness (QED) is 0.905. The summed E-state index contributed by atoms with van der Waals surface area (Å²) in [7, 11) is 0. The summed E-state index contributed by atoms with van der Waals surface area (Å²) in [5.41, 5.74) is 2.33. The van der Waals surface area contributed by atoms with Gasteiger partial charge in [-0.3, -0.25) is 4.79 Å². The first-order chi connectivity index (χ1) is 11.2. The molecule has 0 aliphatic carbocycles. The standard InChI is InChI=1S/C19H28N2O2/c1-2-3-4-16-5-7-17(8-6-16)13-18(22)21-11-9-19(15-21)14-20-10-12-23-19/h5-8,20H,2-4,9-15H2,1H3. The molecule has 2 saturated heterocycles. The number of nitrogens with zero attached hydrogens (tertiary/aromatic N) is 1. The number of carbonyl (C=O) groups excluding carboxylic acids is 1.